The lowest BCUT2D eigenvalue weighted by atomic mass is 10.0. The zero-order valence-electron chi connectivity index (χ0n) is 12.2. The minimum Gasteiger partial charge on any atom is -0.353 e. The maximum Gasteiger partial charge on any atom is 0.234 e. The highest BCUT2D eigenvalue weighted by molar-refractivity contribution is 5.78. The summed E-state index contributed by atoms with van der Waals surface area (Å²) >= 11 is 0. The smallest absolute Gasteiger partial charge is 0.234 e. The van der Waals surface area contributed by atoms with Gasteiger partial charge in [0.2, 0.25) is 5.91 Å². The van der Waals surface area contributed by atoms with Crippen molar-refractivity contribution in [3.05, 3.63) is 0 Å². The first-order chi connectivity index (χ1) is 9.25. The van der Waals surface area contributed by atoms with Crippen LogP contribution in [-0.2, 0) is 4.79 Å². The third kappa shape index (κ3) is 5.09. The molecular formula is C14H28N4O. The lowest BCUT2D eigenvalue weighted by Crippen LogP contribution is -2.47. The van der Waals surface area contributed by atoms with Gasteiger partial charge in [-0.15, -0.1) is 0 Å². The molecule has 19 heavy (non-hydrogen) atoms. The molecule has 110 valence electrons. The molecule has 2 heterocycles. The lowest BCUT2D eigenvalue weighted by Gasteiger charge is -2.32. The Balaban J connectivity index is 1.65. The highest BCUT2D eigenvalue weighted by Crippen LogP contribution is 2.13. The zero-order valence-corrected chi connectivity index (χ0v) is 12.2. The number of amides is 1. The maximum atomic E-state index is 12.0. The van der Waals surface area contributed by atoms with Crippen molar-refractivity contribution in [1.82, 2.24) is 20.4 Å². The molecule has 2 aliphatic heterocycles. The van der Waals surface area contributed by atoms with Gasteiger partial charge >= 0.3 is 0 Å². The van der Waals surface area contributed by atoms with Crippen LogP contribution in [0.25, 0.3) is 0 Å². The molecular weight excluding hydrogens is 240 g/mol. The highest BCUT2D eigenvalue weighted by atomic mass is 16.2. The second-order valence-electron chi connectivity index (χ2n) is 5.81. The molecule has 2 fully saturated rings. The van der Waals surface area contributed by atoms with Crippen LogP contribution in [0.2, 0.25) is 0 Å². The van der Waals surface area contributed by atoms with E-state index in [1.807, 2.05) is 0 Å². The molecule has 2 N–H and O–H groups in total. The summed E-state index contributed by atoms with van der Waals surface area (Å²) in [7, 11) is 2.16. The van der Waals surface area contributed by atoms with Crippen LogP contribution in [0.15, 0.2) is 0 Å². The first kappa shape index (κ1) is 14.8. The van der Waals surface area contributed by atoms with Crippen molar-refractivity contribution in [3.8, 4) is 0 Å². The molecule has 1 atom stereocenters. The summed E-state index contributed by atoms with van der Waals surface area (Å²) < 4.78 is 0. The monoisotopic (exact) mass is 268 g/mol. The molecule has 1 amide bonds. The van der Waals surface area contributed by atoms with Gasteiger partial charge in [-0.1, -0.05) is 6.42 Å². The molecule has 5 heteroatoms. The normalized spacial score (nSPS) is 26.9. The Kier molecular flexibility index (Phi) is 6.07. The van der Waals surface area contributed by atoms with Gasteiger partial charge in [-0.2, -0.15) is 0 Å². The van der Waals surface area contributed by atoms with Crippen LogP contribution in [0.5, 0.6) is 0 Å². The van der Waals surface area contributed by atoms with E-state index in [4.69, 9.17) is 0 Å². The molecule has 2 saturated heterocycles. The summed E-state index contributed by atoms with van der Waals surface area (Å²) in [5, 5.41) is 6.47. The molecule has 0 spiro atoms. The average Bonchev–Trinajstić information content (AvgIpc) is 2.66. The fourth-order valence-corrected chi connectivity index (χ4v) is 2.95. The minimum absolute atomic E-state index is 0.181. The second-order valence-corrected chi connectivity index (χ2v) is 5.81. The second kappa shape index (κ2) is 7.82. The molecule has 0 aromatic rings. The van der Waals surface area contributed by atoms with Gasteiger partial charge in [-0.25, -0.2) is 0 Å². The molecule has 0 aliphatic carbocycles. The van der Waals surface area contributed by atoms with Gasteiger partial charge in [-0.05, 0) is 45.9 Å². The van der Waals surface area contributed by atoms with E-state index in [2.05, 4.69) is 27.5 Å². The van der Waals surface area contributed by atoms with Crippen LogP contribution in [0.1, 0.15) is 25.7 Å². The average molecular weight is 268 g/mol. The topological polar surface area (TPSA) is 47.6 Å². The first-order valence-corrected chi connectivity index (χ1v) is 7.66. The summed E-state index contributed by atoms with van der Waals surface area (Å²) in [6.45, 7) is 6.61. The minimum atomic E-state index is 0.181. The zero-order chi connectivity index (χ0) is 13.5. The SMILES string of the molecule is CN1CCCCC1CNC(=O)CN1CCCNCC1. The Hall–Kier alpha value is -0.650. The molecule has 5 nitrogen and oxygen atoms in total. The number of likely N-dealkylation sites (N-methyl/N-ethyl adjacent to an activating group) is 1. The van der Waals surface area contributed by atoms with E-state index in [0.717, 1.165) is 39.1 Å². The Morgan fingerprint density at radius 3 is 2.95 bits per heavy atom. The van der Waals surface area contributed by atoms with E-state index in [-0.39, 0.29) is 5.91 Å². The third-order valence-corrected chi connectivity index (χ3v) is 4.26. The molecule has 0 bridgehead atoms. The molecule has 2 rings (SSSR count). The van der Waals surface area contributed by atoms with Gasteiger partial charge in [0.05, 0.1) is 6.54 Å². The number of rotatable bonds is 4. The van der Waals surface area contributed by atoms with Crippen LogP contribution in [0, 0.1) is 0 Å². The number of likely N-dealkylation sites (tertiary alicyclic amines) is 1. The number of nitrogens with one attached hydrogen (secondary N) is 2. The molecule has 0 radical (unpaired) electrons. The number of hydrogen-bond acceptors (Lipinski definition) is 4. The molecule has 1 unspecified atom stereocenters. The third-order valence-electron chi connectivity index (χ3n) is 4.26. The van der Waals surface area contributed by atoms with E-state index >= 15 is 0 Å². The van der Waals surface area contributed by atoms with Crippen molar-refractivity contribution in [2.45, 2.75) is 31.7 Å². The largest absolute Gasteiger partial charge is 0.353 e. The summed E-state index contributed by atoms with van der Waals surface area (Å²) in [5.41, 5.74) is 0. The number of hydrogen-bond donors (Lipinski definition) is 2. The summed E-state index contributed by atoms with van der Waals surface area (Å²) in [4.78, 5) is 16.6. The van der Waals surface area contributed by atoms with E-state index in [0.29, 0.717) is 12.6 Å². The van der Waals surface area contributed by atoms with Crippen LogP contribution in [-0.4, -0.2) is 74.6 Å². The number of carbonyl (C=O) groups is 1. The molecule has 2 aliphatic rings. The van der Waals surface area contributed by atoms with Gasteiger partial charge in [0.25, 0.3) is 0 Å². The Labute approximate surface area is 116 Å². The van der Waals surface area contributed by atoms with Crippen LogP contribution in [0.4, 0.5) is 0 Å². The van der Waals surface area contributed by atoms with Crippen LogP contribution >= 0.6 is 0 Å². The van der Waals surface area contributed by atoms with Gasteiger partial charge < -0.3 is 15.5 Å². The summed E-state index contributed by atoms with van der Waals surface area (Å²) in [6.07, 6.45) is 4.94. The standard InChI is InChI=1S/C14H28N4O/c1-17-8-3-2-5-13(17)11-16-14(19)12-18-9-4-6-15-7-10-18/h13,15H,2-12H2,1H3,(H,16,19). The van der Waals surface area contributed by atoms with Gasteiger partial charge in [0.15, 0.2) is 0 Å². The Bertz CT molecular complexity index is 277. The van der Waals surface area contributed by atoms with E-state index in [1.54, 1.807) is 0 Å². The van der Waals surface area contributed by atoms with Crippen LogP contribution in [0.3, 0.4) is 0 Å². The summed E-state index contributed by atoms with van der Waals surface area (Å²) in [5.74, 6) is 0.181. The van der Waals surface area contributed by atoms with E-state index in [9.17, 15) is 4.79 Å². The number of carbonyl (C=O) groups excluding carboxylic acids is 1. The van der Waals surface area contributed by atoms with Crippen molar-refractivity contribution in [2.24, 2.45) is 0 Å². The predicted molar refractivity (Wildman–Crippen MR) is 77.2 cm³/mol. The van der Waals surface area contributed by atoms with Crippen molar-refractivity contribution >= 4 is 5.91 Å². The lowest BCUT2D eigenvalue weighted by molar-refractivity contribution is -0.122. The van der Waals surface area contributed by atoms with Crippen molar-refractivity contribution in [3.63, 3.8) is 0 Å². The predicted octanol–water partition coefficient (Wildman–Crippen LogP) is -0.118. The van der Waals surface area contributed by atoms with E-state index in [1.165, 1.54) is 25.8 Å². The quantitative estimate of drug-likeness (QED) is 0.746. The molecule has 0 aromatic carbocycles. The van der Waals surface area contributed by atoms with Crippen molar-refractivity contribution in [2.75, 3.05) is 52.9 Å². The van der Waals surface area contributed by atoms with Crippen LogP contribution < -0.4 is 10.6 Å². The van der Waals surface area contributed by atoms with E-state index < -0.39 is 0 Å². The maximum absolute atomic E-state index is 12.0. The van der Waals surface area contributed by atoms with Crippen molar-refractivity contribution in [1.29, 1.82) is 0 Å². The van der Waals surface area contributed by atoms with Gasteiger partial charge in [0, 0.05) is 25.7 Å². The van der Waals surface area contributed by atoms with Gasteiger partial charge in [0.1, 0.15) is 0 Å². The number of nitrogens with zero attached hydrogens (tertiary/aromatic N) is 2. The fourth-order valence-electron chi connectivity index (χ4n) is 2.95. The highest BCUT2D eigenvalue weighted by Gasteiger charge is 2.20. The first-order valence-electron chi connectivity index (χ1n) is 7.66. The van der Waals surface area contributed by atoms with Gasteiger partial charge in [-0.3, -0.25) is 9.69 Å². The molecule has 0 saturated carbocycles. The summed E-state index contributed by atoms with van der Waals surface area (Å²) in [6, 6.07) is 0.531. The number of piperidine rings is 1. The van der Waals surface area contributed by atoms with Crippen molar-refractivity contribution < 1.29 is 4.79 Å². The molecule has 0 aromatic heterocycles. The Morgan fingerprint density at radius 2 is 2.11 bits per heavy atom. The fraction of sp³-hybridized carbons (Fsp3) is 0.929. The Morgan fingerprint density at radius 1 is 1.21 bits per heavy atom.